The Morgan fingerprint density at radius 3 is 2.39 bits per heavy atom. The summed E-state index contributed by atoms with van der Waals surface area (Å²) in [6.45, 7) is 3.42. The molecule has 3 unspecified atom stereocenters. The van der Waals surface area contributed by atoms with Crippen LogP contribution in [0.3, 0.4) is 0 Å². The molecule has 0 aliphatic carbocycles. The summed E-state index contributed by atoms with van der Waals surface area (Å²) in [7, 11) is 0. The van der Waals surface area contributed by atoms with E-state index in [2.05, 4.69) is 25.9 Å². The van der Waals surface area contributed by atoms with Crippen LogP contribution < -0.4 is 27.4 Å². The minimum atomic E-state index is -1.21. The fourth-order valence-corrected chi connectivity index (χ4v) is 2.81. The van der Waals surface area contributed by atoms with E-state index >= 15 is 0 Å². The number of nitrogens with zero attached hydrogens (tertiary/aromatic N) is 1. The summed E-state index contributed by atoms with van der Waals surface area (Å²) in [4.78, 5) is 55.2. The zero-order valence-corrected chi connectivity index (χ0v) is 17.9. The Kier molecular flexibility index (Phi) is 11.2. The molecule has 0 spiro atoms. The number of aromatic amines is 1. The van der Waals surface area contributed by atoms with Gasteiger partial charge in [-0.15, -0.1) is 0 Å². The van der Waals surface area contributed by atoms with Crippen LogP contribution in [0.4, 0.5) is 0 Å². The molecule has 1 heterocycles. The quantitative estimate of drug-likeness (QED) is 0.165. The third kappa shape index (κ3) is 9.57. The highest BCUT2D eigenvalue weighted by atomic mass is 16.4. The largest absolute Gasteiger partial charge is 0.480 e. The third-order valence-electron chi connectivity index (χ3n) is 4.58. The molecule has 0 aliphatic rings. The van der Waals surface area contributed by atoms with Gasteiger partial charge in [0, 0.05) is 18.3 Å². The van der Waals surface area contributed by atoms with E-state index in [4.69, 9.17) is 16.6 Å². The first-order valence-corrected chi connectivity index (χ1v) is 10.2. The summed E-state index contributed by atoms with van der Waals surface area (Å²) in [5.74, 6) is -3.21. The van der Waals surface area contributed by atoms with Gasteiger partial charge in [-0.3, -0.25) is 19.2 Å². The van der Waals surface area contributed by atoms with E-state index in [1.807, 2.05) is 0 Å². The van der Waals surface area contributed by atoms with Crippen molar-refractivity contribution in [1.82, 2.24) is 25.9 Å². The number of aromatic nitrogens is 2. The van der Waals surface area contributed by atoms with Gasteiger partial charge in [0.05, 0.1) is 12.4 Å². The zero-order valence-electron chi connectivity index (χ0n) is 17.9. The molecule has 0 bridgehead atoms. The van der Waals surface area contributed by atoms with Gasteiger partial charge in [-0.1, -0.05) is 20.3 Å². The number of H-pyrrole nitrogens is 1. The summed E-state index contributed by atoms with van der Waals surface area (Å²) in [6.07, 6.45) is 4.86. The van der Waals surface area contributed by atoms with E-state index in [-0.39, 0.29) is 12.3 Å². The number of amides is 3. The number of nitrogens with one attached hydrogen (secondary N) is 4. The SMILES string of the molecule is CC(C)C(NC(=O)C(N)CCCCN)C(=O)NC(Cc1cnc[nH]1)C(=O)NCC(=O)O. The van der Waals surface area contributed by atoms with Gasteiger partial charge in [0.25, 0.3) is 0 Å². The predicted octanol–water partition coefficient (Wildman–Crippen LogP) is -1.77. The summed E-state index contributed by atoms with van der Waals surface area (Å²) in [5, 5.41) is 16.3. The molecule has 3 amide bonds. The molecular weight excluding hydrogens is 406 g/mol. The number of hydrogen-bond acceptors (Lipinski definition) is 7. The minimum absolute atomic E-state index is 0.0640. The number of nitrogens with two attached hydrogens (primary N) is 2. The number of imidazole rings is 1. The Morgan fingerprint density at radius 1 is 1.13 bits per heavy atom. The highest BCUT2D eigenvalue weighted by Crippen LogP contribution is 2.07. The fourth-order valence-electron chi connectivity index (χ4n) is 2.81. The first kappa shape index (κ1) is 26.0. The molecule has 12 heteroatoms. The van der Waals surface area contributed by atoms with E-state index in [0.29, 0.717) is 25.1 Å². The maximum absolute atomic E-state index is 12.9. The van der Waals surface area contributed by atoms with E-state index < -0.39 is 48.4 Å². The Hall–Kier alpha value is -2.99. The Morgan fingerprint density at radius 2 is 1.84 bits per heavy atom. The number of hydrogen-bond donors (Lipinski definition) is 7. The van der Waals surface area contributed by atoms with Crippen LogP contribution in [0.25, 0.3) is 0 Å². The maximum atomic E-state index is 12.9. The average molecular weight is 440 g/mol. The summed E-state index contributed by atoms with van der Waals surface area (Å²) in [5.41, 5.74) is 11.9. The van der Waals surface area contributed by atoms with Crippen LogP contribution in [-0.4, -0.2) is 70.0 Å². The van der Waals surface area contributed by atoms with Crippen molar-refractivity contribution < 1.29 is 24.3 Å². The molecule has 9 N–H and O–H groups in total. The molecule has 31 heavy (non-hydrogen) atoms. The van der Waals surface area contributed by atoms with Crippen LogP contribution in [0.2, 0.25) is 0 Å². The lowest BCUT2D eigenvalue weighted by Crippen LogP contribution is -2.58. The van der Waals surface area contributed by atoms with Crippen LogP contribution >= 0.6 is 0 Å². The van der Waals surface area contributed by atoms with Crippen molar-refractivity contribution in [3.8, 4) is 0 Å². The van der Waals surface area contributed by atoms with Crippen molar-refractivity contribution in [2.45, 2.75) is 57.7 Å². The Balaban J connectivity index is 2.83. The first-order chi connectivity index (χ1) is 14.6. The molecule has 1 aromatic rings. The fraction of sp³-hybridized carbons (Fsp3) is 0.632. The van der Waals surface area contributed by atoms with Gasteiger partial charge >= 0.3 is 5.97 Å². The summed E-state index contributed by atoms with van der Waals surface area (Å²) in [6, 6.07) is -2.77. The number of carboxylic acids is 1. The van der Waals surface area contributed by atoms with Crippen molar-refractivity contribution in [3.63, 3.8) is 0 Å². The molecule has 0 saturated carbocycles. The van der Waals surface area contributed by atoms with Gasteiger partial charge in [0.1, 0.15) is 18.6 Å². The minimum Gasteiger partial charge on any atom is -0.480 e. The van der Waals surface area contributed by atoms with Gasteiger partial charge in [-0.2, -0.15) is 0 Å². The van der Waals surface area contributed by atoms with Gasteiger partial charge < -0.3 is 37.5 Å². The smallest absolute Gasteiger partial charge is 0.322 e. The van der Waals surface area contributed by atoms with Crippen molar-refractivity contribution in [3.05, 3.63) is 18.2 Å². The highest BCUT2D eigenvalue weighted by molar-refractivity contribution is 5.93. The van der Waals surface area contributed by atoms with E-state index in [1.54, 1.807) is 13.8 Å². The molecule has 1 aromatic heterocycles. The lowest BCUT2D eigenvalue weighted by atomic mass is 10.0. The standard InChI is InChI=1S/C19H33N7O5/c1-11(2)16(26-17(29)13(21)5-3-4-6-20)19(31)25-14(7-12-8-22-10-24-12)18(30)23-9-15(27)28/h8,10-11,13-14,16H,3-7,9,20-21H2,1-2H3,(H,22,24)(H,23,30)(H,25,31)(H,26,29)(H,27,28). The second-order valence-corrected chi connectivity index (χ2v) is 7.57. The highest BCUT2D eigenvalue weighted by Gasteiger charge is 2.30. The van der Waals surface area contributed by atoms with Crippen molar-refractivity contribution in [2.75, 3.05) is 13.1 Å². The molecule has 0 saturated heterocycles. The molecule has 1 rings (SSSR count). The van der Waals surface area contributed by atoms with Crippen LogP contribution in [0.5, 0.6) is 0 Å². The second-order valence-electron chi connectivity index (χ2n) is 7.57. The third-order valence-corrected chi connectivity index (χ3v) is 4.58. The molecule has 0 aromatic carbocycles. The van der Waals surface area contributed by atoms with Crippen LogP contribution in [-0.2, 0) is 25.6 Å². The van der Waals surface area contributed by atoms with Crippen molar-refractivity contribution in [1.29, 1.82) is 0 Å². The molecular formula is C19H33N7O5. The molecule has 0 fully saturated rings. The second kappa shape index (κ2) is 13.3. The van der Waals surface area contributed by atoms with Gasteiger partial charge in [-0.05, 0) is 25.3 Å². The monoisotopic (exact) mass is 439 g/mol. The van der Waals surface area contributed by atoms with Crippen LogP contribution in [0.15, 0.2) is 12.5 Å². The lowest BCUT2D eigenvalue weighted by Gasteiger charge is -2.26. The Labute approximate surface area is 180 Å². The summed E-state index contributed by atoms with van der Waals surface area (Å²) >= 11 is 0. The van der Waals surface area contributed by atoms with E-state index in [1.165, 1.54) is 12.5 Å². The van der Waals surface area contributed by atoms with Crippen molar-refractivity contribution in [2.24, 2.45) is 17.4 Å². The number of carbonyl (C=O) groups excluding carboxylic acids is 3. The average Bonchev–Trinajstić information content (AvgIpc) is 3.22. The van der Waals surface area contributed by atoms with Gasteiger partial charge in [-0.25, -0.2) is 4.98 Å². The molecule has 12 nitrogen and oxygen atoms in total. The summed E-state index contributed by atoms with van der Waals surface area (Å²) < 4.78 is 0. The topological polar surface area (TPSA) is 205 Å². The Bertz CT molecular complexity index is 723. The maximum Gasteiger partial charge on any atom is 0.322 e. The lowest BCUT2D eigenvalue weighted by molar-refractivity contribution is -0.138. The van der Waals surface area contributed by atoms with Crippen LogP contribution in [0.1, 0.15) is 38.8 Å². The number of carbonyl (C=O) groups is 4. The number of unbranched alkanes of at least 4 members (excludes halogenated alkanes) is 1. The van der Waals surface area contributed by atoms with E-state index in [9.17, 15) is 19.2 Å². The molecule has 0 aliphatic heterocycles. The molecule has 0 radical (unpaired) electrons. The molecule has 174 valence electrons. The number of rotatable bonds is 14. The van der Waals surface area contributed by atoms with Crippen LogP contribution in [0, 0.1) is 5.92 Å². The van der Waals surface area contributed by atoms with Gasteiger partial charge in [0.15, 0.2) is 0 Å². The van der Waals surface area contributed by atoms with Crippen molar-refractivity contribution >= 4 is 23.7 Å². The number of carboxylic acid groups (broad SMARTS) is 1. The van der Waals surface area contributed by atoms with Gasteiger partial charge in [0.2, 0.25) is 17.7 Å². The normalized spacial score (nSPS) is 13.8. The van der Waals surface area contributed by atoms with E-state index in [0.717, 1.165) is 6.42 Å². The first-order valence-electron chi connectivity index (χ1n) is 10.2. The number of aliphatic carboxylic acids is 1. The molecule has 3 atom stereocenters. The predicted molar refractivity (Wildman–Crippen MR) is 113 cm³/mol. The zero-order chi connectivity index (χ0) is 23.4.